The molecule has 0 bridgehead atoms. The number of aromatic nitrogens is 1. The van der Waals surface area contributed by atoms with Crippen LogP contribution in [-0.4, -0.2) is 53.4 Å². The van der Waals surface area contributed by atoms with E-state index in [2.05, 4.69) is 10.4 Å². The third-order valence-electron chi connectivity index (χ3n) is 3.34. The van der Waals surface area contributed by atoms with E-state index in [0.29, 0.717) is 18.1 Å². The normalized spacial score (nSPS) is 19.3. The Morgan fingerprint density at radius 1 is 1.62 bits per heavy atom. The molecule has 0 spiro atoms. The van der Waals surface area contributed by atoms with Gasteiger partial charge < -0.3 is 10.3 Å². The smallest absolute Gasteiger partial charge is 0.258 e. The van der Waals surface area contributed by atoms with Crippen LogP contribution in [0.5, 0.6) is 0 Å². The summed E-state index contributed by atoms with van der Waals surface area (Å²) >= 11 is 1.54. The second-order valence-electron chi connectivity index (χ2n) is 4.52. The number of nitrogens with one attached hydrogen (secondary N) is 1. The van der Waals surface area contributed by atoms with E-state index in [1.54, 1.807) is 30.8 Å². The van der Waals surface area contributed by atoms with Crippen molar-refractivity contribution >= 4 is 33.3 Å². The predicted molar refractivity (Wildman–Crippen MR) is 83.7 cm³/mol. The first-order valence-electron chi connectivity index (χ1n) is 6.53. The third kappa shape index (κ3) is 3.30. The van der Waals surface area contributed by atoms with Crippen LogP contribution < -0.4 is 11.3 Å². The van der Waals surface area contributed by atoms with Gasteiger partial charge in [-0.3, -0.25) is 4.79 Å². The molecule has 1 aromatic heterocycles. The molecule has 1 saturated heterocycles. The maximum Gasteiger partial charge on any atom is 0.258 e. The second-order valence-corrected chi connectivity index (χ2v) is 8.12. The number of carbonyl (C=O) groups is 1. The Bertz CT molecular complexity index is 621. The number of rotatable bonds is 4. The van der Waals surface area contributed by atoms with Crippen LogP contribution in [0.1, 0.15) is 17.3 Å². The zero-order valence-corrected chi connectivity index (χ0v) is 13.3. The topological polar surface area (TPSA) is 105 Å². The van der Waals surface area contributed by atoms with Gasteiger partial charge in [-0.1, -0.05) is 6.92 Å². The molecule has 1 amide bonds. The highest BCUT2D eigenvalue weighted by Crippen LogP contribution is 2.24. The van der Waals surface area contributed by atoms with Crippen LogP contribution in [0.15, 0.2) is 18.3 Å². The largest absolute Gasteiger partial charge is 0.320 e. The highest BCUT2D eigenvalue weighted by atomic mass is 32.2. The van der Waals surface area contributed by atoms with Gasteiger partial charge in [0.15, 0.2) is 15.7 Å². The summed E-state index contributed by atoms with van der Waals surface area (Å²) in [5, 5.41) is -0.792. The summed E-state index contributed by atoms with van der Waals surface area (Å²) in [6, 6.07) is 3.21. The average molecular weight is 330 g/mol. The minimum atomic E-state index is -3.33. The van der Waals surface area contributed by atoms with Gasteiger partial charge in [0.1, 0.15) is 5.37 Å². The van der Waals surface area contributed by atoms with Crippen molar-refractivity contribution in [1.29, 1.82) is 0 Å². The van der Waals surface area contributed by atoms with E-state index in [9.17, 15) is 13.2 Å². The molecule has 1 fully saturated rings. The molecule has 1 atom stereocenters. The van der Waals surface area contributed by atoms with Gasteiger partial charge in [-0.2, -0.15) is 11.8 Å². The quantitative estimate of drug-likeness (QED) is 0.605. The standard InChI is InChI=1S/C12H18N4O3S2/c1-2-21(18,19)10-8-20-7-6-16(10)12(17)9-4-3-5-14-11(9)15-13/h3-5,10H,2,6-8,13H2,1H3,(H,14,15). The van der Waals surface area contributed by atoms with E-state index in [0.717, 1.165) is 0 Å². The van der Waals surface area contributed by atoms with Crippen LogP contribution in [0.2, 0.25) is 0 Å². The maximum absolute atomic E-state index is 12.7. The van der Waals surface area contributed by atoms with E-state index in [4.69, 9.17) is 5.84 Å². The number of nitrogens with two attached hydrogens (primary N) is 1. The van der Waals surface area contributed by atoms with Crippen LogP contribution in [0.25, 0.3) is 0 Å². The van der Waals surface area contributed by atoms with Crippen LogP contribution in [0, 0.1) is 0 Å². The van der Waals surface area contributed by atoms with Gasteiger partial charge in [-0.05, 0) is 12.1 Å². The fourth-order valence-corrected chi connectivity index (χ4v) is 5.12. The van der Waals surface area contributed by atoms with Gasteiger partial charge >= 0.3 is 0 Å². The van der Waals surface area contributed by atoms with Gasteiger partial charge in [0.2, 0.25) is 0 Å². The van der Waals surface area contributed by atoms with Crippen molar-refractivity contribution in [1.82, 2.24) is 9.88 Å². The highest BCUT2D eigenvalue weighted by Gasteiger charge is 2.36. The molecule has 21 heavy (non-hydrogen) atoms. The van der Waals surface area contributed by atoms with Crippen LogP contribution in [0.3, 0.4) is 0 Å². The van der Waals surface area contributed by atoms with Crippen molar-refractivity contribution in [3.8, 4) is 0 Å². The number of carbonyl (C=O) groups excluding carboxylic acids is 1. The van der Waals surface area contributed by atoms with Gasteiger partial charge in [0, 0.05) is 30.0 Å². The summed E-state index contributed by atoms with van der Waals surface area (Å²) in [6.07, 6.45) is 1.51. The molecular weight excluding hydrogens is 312 g/mol. The molecule has 3 N–H and O–H groups in total. The first-order chi connectivity index (χ1) is 10.0. The molecule has 1 aromatic rings. The Morgan fingerprint density at radius 2 is 2.38 bits per heavy atom. The molecule has 116 valence electrons. The zero-order valence-electron chi connectivity index (χ0n) is 11.7. The number of pyridine rings is 1. The number of sulfone groups is 1. The molecule has 0 aromatic carbocycles. The summed E-state index contributed by atoms with van der Waals surface area (Å²) in [5.74, 6) is 6.36. The Labute approximate surface area is 128 Å². The van der Waals surface area contributed by atoms with E-state index in [1.807, 2.05) is 0 Å². The minimum Gasteiger partial charge on any atom is -0.320 e. The fraction of sp³-hybridized carbons (Fsp3) is 0.500. The number of hydrazine groups is 1. The van der Waals surface area contributed by atoms with Crippen molar-refractivity contribution < 1.29 is 13.2 Å². The molecule has 1 aliphatic rings. The lowest BCUT2D eigenvalue weighted by molar-refractivity contribution is 0.0750. The summed E-state index contributed by atoms with van der Waals surface area (Å²) in [7, 11) is -3.33. The Morgan fingerprint density at radius 3 is 3.05 bits per heavy atom. The van der Waals surface area contributed by atoms with E-state index in [1.165, 1.54) is 11.1 Å². The van der Waals surface area contributed by atoms with E-state index < -0.39 is 15.2 Å². The summed E-state index contributed by atoms with van der Waals surface area (Å²) < 4.78 is 24.4. The summed E-state index contributed by atoms with van der Waals surface area (Å²) in [5.41, 5.74) is 2.65. The Kier molecular flexibility index (Phi) is 5.07. The van der Waals surface area contributed by atoms with Crippen molar-refractivity contribution in [3.63, 3.8) is 0 Å². The predicted octanol–water partition coefficient (Wildman–Crippen LogP) is 0.317. The number of anilines is 1. The third-order valence-corrected chi connectivity index (χ3v) is 6.63. The van der Waals surface area contributed by atoms with Crippen LogP contribution >= 0.6 is 11.8 Å². The molecule has 1 aliphatic heterocycles. The van der Waals surface area contributed by atoms with E-state index in [-0.39, 0.29) is 23.0 Å². The SMILES string of the molecule is CCS(=O)(=O)C1CSCCN1C(=O)c1cccnc1NN. The fourth-order valence-electron chi connectivity index (χ4n) is 2.15. The molecule has 2 heterocycles. The van der Waals surface area contributed by atoms with Crippen molar-refractivity contribution in [2.45, 2.75) is 12.3 Å². The number of amides is 1. The molecule has 2 rings (SSSR count). The highest BCUT2D eigenvalue weighted by molar-refractivity contribution is 8.01. The number of hydrogen-bond acceptors (Lipinski definition) is 7. The van der Waals surface area contributed by atoms with Crippen molar-refractivity contribution in [2.24, 2.45) is 5.84 Å². The summed E-state index contributed by atoms with van der Waals surface area (Å²) in [6.45, 7) is 1.99. The first kappa shape index (κ1) is 16.1. The monoisotopic (exact) mass is 330 g/mol. The van der Waals surface area contributed by atoms with Crippen LogP contribution in [-0.2, 0) is 9.84 Å². The number of nitrogens with zero attached hydrogens (tertiary/aromatic N) is 2. The Hall–Kier alpha value is -1.32. The molecule has 1 unspecified atom stereocenters. The van der Waals surface area contributed by atoms with Gasteiger partial charge in [0.25, 0.3) is 5.91 Å². The number of hydrogen-bond donors (Lipinski definition) is 2. The maximum atomic E-state index is 12.7. The second kappa shape index (κ2) is 6.63. The van der Waals surface area contributed by atoms with Gasteiger partial charge in [-0.15, -0.1) is 0 Å². The molecule has 9 heteroatoms. The first-order valence-corrected chi connectivity index (χ1v) is 9.40. The molecule has 0 radical (unpaired) electrons. The van der Waals surface area contributed by atoms with E-state index >= 15 is 0 Å². The molecule has 0 saturated carbocycles. The number of thioether (sulfide) groups is 1. The lowest BCUT2D eigenvalue weighted by Crippen LogP contribution is -2.50. The minimum absolute atomic E-state index is 0.0110. The van der Waals surface area contributed by atoms with Gasteiger partial charge in [0.05, 0.1) is 5.56 Å². The van der Waals surface area contributed by atoms with Crippen molar-refractivity contribution in [2.75, 3.05) is 29.2 Å². The lowest BCUT2D eigenvalue weighted by atomic mass is 10.2. The van der Waals surface area contributed by atoms with Crippen molar-refractivity contribution in [3.05, 3.63) is 23.9 Å². The molecule has 0 aliphatic carbocycles. The average Bonchev–Trinajstić information content (AvgIpc) is 2.54. The molecule has 7 nitrogen and oxygen atoms in total. The van der Waals surface area contributed by atoms with Crippen LogP contribution in [0.4, 0.5) is 5.82 Å². The summed E-state index contributed by atoms with van der Waals surface area (Å²) in [4.78, 5) is 18.1. The lowest BCUT2D eigenvalue weighted by Gasteiger charge is -2.34. The molecular formula is C12H18N4O3S2. The Balaban J connectivity index is 2.35. The van der Waals surface area contributed by atoms with Gasteiger partial charge in [-0.25, -0.2) is 19.2 Å². The number of nitrogen functional groups attached to an aromatic ring is 1. The zero-order chi connectivity index (χ0) is 15.5.